The fourth-order valence-corrected chi connectivity index (χ4v) is 2.78. The van der Waals surface area contributed by atoms with E-state index in [1.54, 1.807) is 49.5 Å². The highest BCUT2D eigenvalue weighted by atomic mass is 35.5. The summed E-state index contributed by atoms with van der Waals surface area (Å²) in [6.07, 6.45) is 0. The van der Waals surface area contributed by atoms with Crippen LogP contribution in [0.5, 0.6) is 5.75 Å². The van der Waals surface area contributed by atoms with Crippen LogP contribution in [-0.2, 0) is 16.6 Å². The Morgan fingerprint density at radius 3 is 2.59 bits per heavy atom. The molecule has 7 nitrogen and oxygen atoms in total. The zero-order chi connectivity index (χ0) is 20.8. The van der Waals surface area contributed by atoms with Gasteiger partial charge in [0, 0.05) is 23.7 Å². The van der Waals surface area contributed by atoms with Crippen molar-refractivity contribution >= 4 is 29.3 Å². The molecule has 1 amide bonds. The number of rotatable bonds is 7. The van der Waals surface area contributed by atoms with Crippen molar-refractivity contribution in [3.8, 4) is 17.0 Å². The Labute approximate surface area is 173 Å². The number of hydrogen-bond acceptors (Lipinski definition) is 5. The minimum absolute atomic E-state index is 0.271. The van der Waals surface area contributed by atoms with Gasteiger partial charge in [-0.25, -0.2) is 4.79 Å². The first kappa shape index (κ1) is 20.4. The molecule has 0 spiro atoms. The van der Waals surface area contributed by atoms with Crippen molar-refractivity contribution in [3.05, 3.63) is 65.2 Å². The van der Waals surface area contributed by atoms with E-state index in [0.29, 0.717) is 28.9 Å². The van der Waals surface area contributed by atoms with Gasteiger partial charge in [-0.15, -0.1) is 0 Å². The molecule has 3 aromatic rings. The first-order valence-corrected chi connectivity index (χ1v) is 9.34. The predicted octanol–water partition coefficient (Wildman–Crippen LogP) is 3.93. The molecule has 2 aromatic carbocycles. The van der Waals surface area contributed by atoms with Gasteiger partial charge in [-0.1, -0.05) is 35.9 Å². The highest BCUT2D eigenvalue weighted by Crippen LogP contribution is 2.23. The second-order valence-corrected chi connectivity index (χ2v) is 6.54. The van der Waals surface area contributed by atoms with Crippen LogP contribution < -0.4 is 10.1 Å². The van der Waals surface area contributed by atoms with E-state index in [4.69, 9.17) is 21.1 Å². The SMILES string of the molecule is CCOc1ccccc1C(=O)OCC(=O)Nc1cc(-c2ccc(Cl)cc2)nn1C. The van der Waals surface area contributed by atoms with Gasteiger partial charge < -0.3 is 14.8 Å². The molecule has 3 rings (SSSR count). The van der Waals surface area contributed by atoms with Crippen molar-refractivity contribution in [1.29, 1.82) is 0 Å². The van der Waals surface area contributed by atoms with Crippen LogP contribution in [0.2, 0.25) is 5.02 Å². The number of anilines is 1. The molecule has 1 aromatic heterocycles. The lowest BCUT2D eigenvalue weighted by Gasteiger charge is -2.10. The molecule has 0 aliphatic carbocycles. The predicted molar refractivity (Wildman–Crippen MR) is 110 cm³/mol. The standard InChI is InChI=1S/C21H20ClN3O4/c1-3-28-18-7-5-4-6-16(18)21(27)29-13-20(26)23-19-12-17(24-25(19)2)14-8-10-15(22)11-9-14/h4-12H,3,13H2,1-2H3,(H,23,26). The van der Waals surface area contributed by atoms with Crippen LogP contribution in [0, 0.1) is 0 Å². The zero-order valence-corrected chi connectivity index (χ0v) is 16.8. The molecule has 0 unspecified atom stereocenters. The average molecular weight is 414 g/mol. The van der Waals surface area contributed by atoms with Gasteiger partial charge in [0.1, 0.15) is 17.1 Å². The second kappa shape index (κ2) is 9.25. The quantitative estimate of drug-likeness (QED) is 0.593. The van der Waals surface area contributed by atoms with E-state index < -0.39 is 18.5 Å². The summed E-state index contributed by atoms with van der Waals surface area (Å²) in [5.41, 5.74) is 1.82. The van der Waals surface area contributed by atoms with Crippen LogP contribution in [-0.4, -0.2) is 34.9 Å². The normalized spacial score (nSPS) is 10.4. The Kier molecular flexibility index (Phi) is 6.51. The van der Waals surface area contributed by atoms with E-state index in [1.165, 1.54) is 4.68 Å². The minimum Gasteiger partial charge on any atom is -0.493 e. The van der Waals surface area contributed by atoms with Crippen molar-refractivity contribution in [2.24, 2.45) is 7.05 Å². The summed E-state index contributed by atoms with van der Waals surface area (Å²) in [6.45, 7) is 1.81. The fraction of sp³-hybridized carbons (Fsp3) is 0.190. The topological polar surface area (TPSA) is 82.4 Å². The number of halogens is 1. The van der Waals surface area contributed by atoms with Crippen LogP contribution in [0.25, 0.3) is 11.3 Å². The molecule has 0 radical (unpaired) electrons. The molecule has 29 heavy (non-hydrogen) atoms. The molecule has 1 heterocycles. The van der Waals surface area contributed by atoms with Crippen LogP contribution in [0.1, 0.15) is 17.3 Å². The molecule has 0 aliphatic rings. The highest BCUT2D eigenvalue weighted by molar-refractivity contribution is 6.30. The maximum atomic E-state index is 12.3. The minimum atomic E-state index is -0.629. The van der Waals surface area contributed by atoms with Gasteiger partial charge in [0.15, 0.2) is 6.61 Å². The third-order valence-electron chi connectivity index (χ3n) is 4.03. The van der Waals surface area contributed by atoms with Crippen LogP contribution >= 0.6 is 11.6 Å². The summed E-state index contributed by atoms with van der Waals surface area (Å²) in [6, 6.07) is 15.7. The second-order valence-electron chi connectivity index (χ2n) is 6.10. The van der Waals surface area contributed by atoms with Gasteiger partial charge in [0.05, 0.1) is 12.3 Å². The Hall–Kier alpha value is -3.32. The number of aromatic nitrogens is 2. The molecular formula is C21H20ClN3O4. The molecule has 1 N–H and O–H groups in total. The molecule has 8 heteroatoms. The number of carbonyl (C=O) groups excluding carboxylic acids is 2. The van der Waals surface area contributed by atoms with Crippen molar-refractivity contribution in [3.63, 3.8) is 0 Å². The third-order valence-corrected chi connectivity index (χ3v) is 4.28. The maximum Gasteiger partial charge on any atom is 0.342 e. The van der Waals surface area contributed by atoms with Gasteiger partial charge in [-0.2, -0.15) is 5.10 Å². The maximum absolute atomic E-state index is 12.3. The number of amides is 1. The van der Waals surface area contributed by atoms with Crippen molar-refractivity contribution in [2.75, 3.05) is 18.5 Å². The van der Waals surface area contributed by atoms with Gasteiger partial charge in [0.2, 0.25) is 0 Å². The number of para-hydroxylation sites is 1. The first-order chi connectivity index (χ1) is 14.0. The molecule has 0 aliphatic heterocycles. The van der Waals surface area contributed by atoms with Crippen LogP contribution in [0.4, 0.5) is 5.82 Å². The van der Waals surface area contributed by atoms with Crippen molar-refractivity contribution < 1.29 is 19.1 Å². The van der Waals surface area contributed by atoms with Crippen LogP contribution in [0.15, 0.2) is 54.6 Å². The van der Waals surface area contributed by atoms with E-state index in [-0.39, 0.29) is 5.56 Å². The highest BCUT2D eigenvalue weighted by Gasteiger charge is 2.16. The van der Waals surface area contributed by atoms with E-state index in [0.717, 1.165) is 5.56 Å². The lowest BCUT2D eigenvalue weighted by molar-refractivity contribution is -0.119. The Bertz CT molecular complexity index is 1020. The van der Waals surface area contributed by atoms with Crippen molar-refractivity contribution in [2.45, 2.75) is 6.92 Å². The third kappa shape index (κ3) is 5.14. The number of carbonyl (C=O) groups is 2. The molecule has 150 valence electrons. The van der Waals surface area contributed by atoms with Gasteiger partial charge in [-0.3, -0.25) is 9.48 Å². The smallest absolute Gasteiger partial charge is 0.342 e. The average Bonchev–Trinajstić information content (AvgIpc) is 3.07. The largest absolute Gasteiger partial charge is 0.493 e. The number of hydrogen-bond donors (Lipinski definition) is 1. The first-order valence-electron chi connectivity index (χ1n) is 8.96. The lowest BCUT2D eigenvalue weighted by atomic mass is 10.1. The summed E-state index contributed by atoms with van der Waals surface area (Å²) in [5.74, 6) is -0.209. The Morgan fingerprint density at radius 2 is 1.86 bits per heavy atom. The molecule has 0 saturated carbocycles. The number of benzene rings is 2. The Balaban J connectivity index is 1.61. The Morgan fingerprint density at radius 1 is 1.14 bits per heavy atom. The molecular weight excluding hydrogens is 394 g/mol. The number of aryl methyl sites for hydroxylation is 1. The van der Waals surface area contributed by atoms with E-state index in [1.807, 2.05) is 19.1 Å². The number of ether oxygens (including phenoxy) is 2. The summed E-state index contributed by atoms with van der Waals surface area (Å²) in [4.78, 5) is 24.5. The van der Waals surface area contributed by atoms with E-state index >= 15 is 0 Å². The lowest BCUT2D eigenvalue weighted by Crippen LogP contribution is -2.22. The zero-order valence-electron chi connectivity index (χ0n) is 16.0. The summed E-state index contributed by atoms with van der Waals surface area (Å²) in [7, 11) is 1.71. The van der Waals surface area contributed by atoms with Crippen LogP contribution in [0.3, 0.4) is 0 Å². The van der Waals surface area contributed by atoms with Gasteiger partial charge in [-0.05, 0) is 31.2 Å². The number of esters is 1. The summed E-state index contributed by atoms with van der Waals surface area (Å²) >= 11 is 5.90. The van der Waals surface area contributed by atoms with Gasteiger partial charge in [0.25, 0.3) is 5.91 Å². The van der Waals surface area contributed by atoms with E-state index in [2.05, 4.69) is 10.4 Å². The van der Waals surface area contributed by atoms with Gasteiger partial charge >= 0.3 is 5.97 Å². The molecule has 0 atom stereocenters. The number of nitrogens with zero attached hydrogens (tertiary/aromatic N) is 2. The fourth-order valence-electron chi connectivity index (χ4n) is 2.65. The van der Waals surface area contributed by atoms with Crippen molar-refractivity contribution in [1.82, 2.24) is 9.78 Å². The number of nitrogens with one attached hydrogen (secondary N) is 1. The molecule has 0 saturated heterocycles. The summed E-state index contributed by atoms with van der Waals surface area (Å²) < 4.78 is 12.1. The molecule has 0 bridgehead atoms. The monoisotopic (exact) mass is 413 g/mol. The molecule has 0 fully saturated rings. The van der Waals surface area contributed by atoms with E-state index in [9.17, 15) is 9.59 Å². The summed E-state index contributed by atoms with van der Waals surface area (Å²) in [5, 5.41) is 7.69.